The lowest BCUT2D eigenvalue weighted by Crippen LogP contribution is -2.27. The average molecular weight is 259 g/mol. The van der Waals surface area contributed by atoms with Crippen LogP contribution in [0.15, 0.2) is 18.2 Å². The van der Waals surface area contributed by atoms with Gasteiger partial charge >= 0.3 is 0 Å². The van der Waals surface area contributed by atoms with Crippen molar-refractivity contribution in [3.63, 3.8) is 0 Å². The zero-order valence-corrected chi connectivity index (χ0v) is 12.8. The molecule has 1 aliphatic carbocycles. The highest BCUT2D eigenvalue weighted by molar-refractivity contribution is 5.31. The van der Waals surface area contributed by atoms with Crippen LogP contribution >= 0.6 is 0 Å². The highest BCUT2D eigenvalue weighted by Crippen LogP contribution is 2.25. The normalized spacial score (nSPS) is 17.8. The highest BCUT2D eigenvalue weighted by atomic mass is 14.9. The molecule has 1 unspecified atom stereocenters. The van der Waals surface area contributed by atoms with Gasteiger partial charge in [0.1, 0.15) is 0 Å². The maximum Gasteiger partial charge on any atom is 0.00670 e. The Hall–Kier alpha value is -0.820. The SMILES string of the molecule is CCC(CCNC1CCCC1)c1ccc(C)c(C)c1. The average Bonchev–Trinajstić information content (AvgIpc) is 2.91. The van der Waals surface area contributed by atoms with Crippen molar-refractivity contribution in [2.24, 2.45) is 0 Å². The van der Waals surface area contributed by atoms with E-state index in [4.69, 9.17) is 0 Å². The fourth-order valence-corrected chi connectivity index (χ4v) is 3.22. The summed E-state index contributed by atoms with van der Waals surface area (Å²) in [5, 5.41) is 3.74. The van der Waals surface area contributed by atoms with E-state index in [1.165, 1.54) is 61.8 Å². The van der Waals surface area contributed by atoms with Crippen LogP contribution in [-0.4, -0.2) is 12.6 Å². The van der Waals surface area contributed by atoms with Crippen LogP contribution in [0.1, 0.15) is 68.1 Å². The number of hydrogen-bond donors (Lipinski definition) is 1. The van der Waals surface area contributed by atoms with E-state index in [-0.39, 0.29) is 0 Å². The number of benzene rings is 1. The van der Waals surface area contributed by atoms with Crippen LogP contribution in [0.2, 0.25) is 0 Å². The lowest BCUT2D eigenvalue weighted by molar-refractivity contribution is 0.483. The van der Waals surface area contributed by atoms with E-state index >= 15 is 0 Å². The van der Waals surface area contributed by atoms with Gasteiger partial charge in [-0.1, -0.05) is 38.0 Å². The van der Waals surface area contributed by atoms with Crippen LogP contribution in [-0.2, 0) is 0 Å². The molecular weight excluding hydrogens is 230 g/mol. The Bertz CT molecular complexity index is 391. The first kappa shape index (κ1) is 14.6. The van der Waals surface area contributed by atoms with Crippen molar-refractivity contribution in [3.05, 3.63) is 34.9 Å². The Morgan fingerprint density at radius 2 is 1.89 bits per heavy atom. The Morgan fingerprint density at radius 3 is 2.53 bits per heavy atom. The predicted octanol–water partition coefficient (Wildman–Crippen LogP) is 4.72. The van der Waals surface area contributed by atoms with Crippen LogP contribution in [0.4, 0.5) is 0 Å². The van der Waals surface area contributed by atoms with Crippen molar-refractivity contribution >= 4 is 0 Å². The molecule has 1 aromatic carbocycles. The fourth-order valence-electron chi connectivity index (χ4n) is 3.22. The smallest absolute Gasteiger partial charge is 0.00670 e. The molecule has 1 atom stereocenters. The van der Waals surface area contributed by atoms with Gasteiger partial charge in [0.05, 0.1) is 0 Å². The maximum atomic E-state index is 3.74. The molecule has 106 valence electrons. The molecule has 1 saturated carbocycles. The van der Waals surface area contributed by atoms with Gasteiger partial charge in [-0.25, -0.2) is 0 Å². The summed E-state index contributed by atoms with van der Waals surface area (Å²) in [5.74, 6) is 0.716. The third kappa shape index (κ3) is 4.07. The van der Waals surface area contributed by atoms with Gasteiger partial charge in [-0.3, -0.25) is 0 Å². The largest absolute Gasteiger partial charge is 0.314 e. The van der Waals surface area contributed by atoms with E-state index in [2.05, 4.69) is 44.3 Å². The molecule has 0 radical (unpaired) electrons. The molecule has 0 saturated heterocycles. The first-order chi connectivity index (χ1) is 9.20. The molecule has 1 nitrogen and oxygen atoms in total. The van der Waals surface area contributed by atoms with Crippen molar-refractivity contribution in [2.75, 3.05) is 6.54 Å². The summed E-state index contributed by atoms with van der Waals surface area (Å²) < 4.78 is 0. The predicted molar refractivity (Wildman–Crippen MR) is 83.8 cm³/mol. The second-order valence-corrected chi connectivity index (χ2v) is 6.17. The molecule has 19 heavy (non-hydrogen) atoms. The van der Waals surface area contributed by atoms with Gasteiger partial charge in [-0.15, -0.1) is 0 Å². The van der Waals surface area contributed by atoms with Crippen LogP contribution in [0, 0.1) is 13.8 Å². The van der Waals surface area contributed by atoms with Gasteiger partial charge < -0.3 is 5.32 Å². The Morgan fingerprint density at radius 1 is 1.16 bits per heavy atom. The van der Waals surface area contributed by atoms with E-state index in [1.807, 2.05) is 0 Å². The summed E-state index contributed by atoms with van der Waals surface area (Å²) >= 11 is 0. The van der Waals surface area contributed by atoms with Crippen molar-refractivity contribution in [2.45, 2.75) is 71.3 Å². The zero-order chi connectivity index (χ0) is 13.7. The van der Waals surface area contributed by atoms with Gasteiger partial charge in [0.2, 0.25) is 0 Å². The van der Waals surface area contributed by atoms with E-state index < -0.39 is 0 Å². The van der Waals surface area contributed by atoms with Crippen molar-refractivity contribution in [1.29, 1.82) is 0 Å². The minimum Gasteiger partial charge on any atom is -0.314 e. The van der Waals surface area contributed by atoms with E-state index in [0.717, 1.165) is 6.04 Å². The molecule has 0 bridgehead atoms. The molecule has 1 fully saturated rings. The van der Waals surface area contributed by atoms with Crippen LogP contribution < -0.4 is 5.32 Å². The summed E-state index contributed by atoms with van der Waals surface area (Å²) in [6.45, 7) is 7.91. The second kappa shape index (κ2) is 7.09. The lowest BCUT2D eigenvalue weighted by atomic mass is 9.91. The summed E-state index contributed by atoms with van der Waals surface area (Å²) in [7, 11) is 0. The molecule has 0 spiro atoms. The Labute approximate surface area is 118 Å². The molecule has 2 rings (SSSR count). The second-order valence-electron chi connectivity index (χ2n) is 6.17. The van der Waals surface area contributed by atoms with Gasteiger partial charge in [0, 0.05) is 6.04 Å². The van der Waals surface area contributed by atoms with Gasteiger partial charge in [-0.05, 0) is 68.7 Å². The number of aryl methyl sites for hydroxylation is 2. The van der Waals surface area contributed by atoms with Gasteiger partial charge in [0.25, 0.3) is 0 Å². The van der Waals surface area contributed by atoms with Crippen LogP contribution in [0.25, 0.3) is 0 Å². The monoisotopic (exact) mass is 259 g/mol. The molecule has 0 heterocycles. The molecule has 1 N–H and O–H groups in total. The molecular formula is C18H29N. The molecule has 0 amide bonds. The maximum absolute atomic E-state index is 3.74. The Kier molecular flexibility index (Phi) is 5.45. The number of rotatable bonds is 6. The van der Waals surface area contributed by atoms with Gasteiger partial charge in [-0.2, -0.15) is 0 Å². The highest BCUT2D eigenvalue weighted by Gasteiger charge is 2.15. The minimum atomic E-state index is 0.716. The molecule has 1 aromatic rings. The van der Waals surface area contributed by atoms with E-state index in [1.54, 1.807) is 0 Å². The summed E-state index contributed by atoms with van der Waals surface area (Å²) in [4.78, 5) is 0. The number of hydrogen-bond acceptors (Lipinski definition) is 1. The van der Waals surface area contributed by atoms with Crippen molar-refractivity contribution in [3.8, 4) is 0 Å². The lowest BCUT2D eigenvalue weighted by Gasteiger charge is -2.19. The Balaban J connectivity index is 1.86. The minimum absolute atomic E-state index is 0.716. The summed E-state index contributed by atoms with van der Waals surface area (Å²) in [6, 6.07) is 7.79. The van der Waals surface area contributed by atoms with Crippen molar-refractivity contribution < 1.29 is 0 Å². The quantitative estimate of drug-likeness (QED) is 0.779. The van der Waals surface area contributed by atoms with Gasteiger partial charge in [0.15, 0.2) is 0 Å². The van der Waals surface area contributed by atoms with Crippen LogP contribution in [0.5, 0.6) is 0 Å². The van der Waals surface area contributed by atoms with Crippen LogP contribution in [0.3, 0.4) is 0 Å². The summed E-state index contributed by atoms with van der Waals surface area (Å²) in [5.41, 5.74) is 4.36. The first-order valence-corrected chi connectivity index (χ1v) is 8.01. The molecule has 1 aliphatic rings. The van der Waals surface area contributed by atoms with E-state index in [0.29, 0.717) is 5.92 Å². The molecule has 0 aliphatic heterocycles. The summed E-state index contributed by atoms with van der Waals surface area (Å²) in [6.07, 6.45) is 8.14. The standard InChI is InChI=1S/C18H29N/c1-4-16(11-12-19-18-7-5-6-8-18)17-10-9-14(2)15(3)13-17/h9-10,13,16,18-19H,4-8,11-12H2,1-3H3. The van der Waals surface area contributed by atoms with E-state index in [9.17, 15) is 0 Å². The number of nitrogens with one attached hydrogen (secondary N) is 1. The third-order valence-electron chi connectivity index (χ3n) is 4.78. The first-order valence-electron chi connectivity index (χ1n) is 8.01. The molecule has 0 aromatic heterocycles. The fraction of sp³-hybridized carbons (Fsp3) is 0.667. The topological polar surface area (TPSA) is 12.0 Å². The zero-order valence-electron chi connectivity index (χ0n) is 12.8. The molecule has 1 heteroatoms. The third-order valence-corrected chi connectivity index (χ3v) is 4.78. The van der Waals surface area contributed by atoms with Crippen molar-refractivity contribution in [1.82, 2.24) is 5.32 Å².